The molecule has 0 N–H and O–H groups in total. The quantitative estimate of drug-likeness (QED) is 0.601. The van der Waals surface area contributed by atoms with Gasteiger partial charge in [-0.05, 0) is 37.0 Å². The molecule has 1 saturated heterocycles. The van der Waals surface area contributed by atoms with E-state index in [4.69, 9.17) is 16.6 Å². The summed E-state index contributed by atoms with van der Waals surface area (Å²) in [5, 5.41) is 2.04. The standard InChI is InChI=1S/C21H21ClFN5OS/c1-14(29)27-8-2-3-15(11-27)12-28-20(19-10-24-6-7-25-19)13-30-21(28)26-16-4-5-18(23)17(22)9-16/h4-7,9-10,13,15H,2-3,8,11-12H2,1H3. The van der Waals surface area contributed by atoms with E-state index in [0.29, 0.717) is 18.2 Å². The van der Waals surface area contributed by atoms with Gasteiger partial charge < -0.3 is 9.47 Å². The number of piperidine rings is 1. The number of halogens is 2. The van der Waals surface area contributed by atoms with Crippen LogP contribution in [0, 0.1) is 11.7 Å². The van der Waals surface area contributed by atoms with Crippen molar-refractivity contribution in [1.82, 2.24) is 19.4 Å². The second kappa shape index (κ2) is 9.06. The number of benzene rings is 1. The van der Waals surface area contributed by atoms with Crippen molar-refractivity contribution in [3.05, 3.63) is 57.8 Å². The summed E-state index contributed by atoms with van der Waals surface area (Å²) >= 11 is 7.41. The Bertz CT molecular complexity index is 1110. The number of hydrogen-bond donors (Lipinski definition) is 0. The molecule has 1 aliphatic rings. The monoisotopic (exact) mass is 445 g/mol. The van der Waals surface area contributed by atoms with Crippen molar-refractivity contribution in [3.8, 4) is 11.4 Å². The van der Waals surface area contributed by atoms with Gasteiger partial charge in [-0.1, -0.05) is 11.6 Å². The molecule has 3 aromatic rings. The lowest BCUT2D eigenvalue weighted by atomic mass is 9.98. The van der Waals surface area contributed by atoms with Crippen LogP contribution in [0.15, 0.2) is 47.2 Å². The molecule has 1 aromatic carbocycles. The number of rotatable bonds is 4. The van der Waals surface area contributed by atoms with Crippen molar-refractivity contribution < 1.29 is 9.18 Å². The first-order chi connectivity index (χ1) is 14.5. The Morgan fingerprint density at radius 1 is 1.40 bits per heavy atom. The van der Waals surface area contributed by atoms with Gasteiger partial charge in [0.2, 0.25) is 5.91 Å². The van der Waals surface area contributed by atoms with Crippen molar-refractivity contribution in [2.75, 3.05) is 13.1 Å². The predicted molar refractivity (Wildman–Crippen MR) is 115 cm³/mol. The minimum Gasteiger partial charge on any atom is -0.343 e. The highest BCUT2D eigenvalue weighted by atomic mass is 35.5. The van der Waals surface area contributed by atoms with Gasteiger partial charge in [0, 0.05) is 44.3 Å². The number of carbonyl (C=O) groups is 1. The van der Waals surface area contributed by atoms with E-state index >= 15 is 0 Å². The van der Waals surface area contributed by atoms with Gasteiger partial charge in [-0.3, -0.25) is 14.8 Å². The van der Waals surface area contributed by atoms with Gasteiger partial charge in [0.1, 0.15) is 11.5 Å². The number of likely N-dealkylation sites (tertiary alicyclic amines) is 1. The minimum atomic E-state index is -0.471. The molecular weight excluding hydrogens is 425 g/mol. The van der Waals surface area contributed by atoms with Gasteiger partial charge in [-0.2, -0.15) is 0 Å². The van der Waals surface area contributed by atoms with Crippen LogP contribution in [0.4, 0.5) is 10.1 Å². The SMILES string of the molecule is CC(=O)N1CCCC(Cn2c(-c3cnccn3)csc2=Nc2ccc(F)c(Cl)c2)C1. The molecule has 30 heavy (non-hydrogen) atoms. The van der Waals surface area contributed by atoms with Gasteiger partial charge in [-0.15, -0.1) is 11.3 Å². The summed E-state index contributed by atoms with van der Waals surface area (Å²) in [7, 11) is 0. The Balaban J connectivity index is 1.74. The first-order valence-electron chi connectivity index (χ1n) is 9.71. The maximum absolute atomic E-state index is 13.5. The van der Waals surface area contributed by atoms with E-state index in [9.17, 15) is 9.18 Å². The van der Waals surface area contributed by atoms with Gasteiger partial charge in [0.15, 0.2) is 4.80 Å². The first-order valence-corrected chi connectivity index (χ1v) is 11.0. The summed E-state index contributed by atoms with van der Waals surface area (Å²) in [5.74, 6) is -0.0556. The van der Waals surface area contributed by atoms with Crippen molar-refractivity contribution in [3.63, 3.8) is 0 Å². The van der Waals surface area contributed by atoms with Crippen molar-refractivity contribution in [2.24, 2.45) is 10.9 Å². The van der Waals surface area contributed by atoms with Crippen LogP contribution in [0.2, 0.25) is 5.02 Å². The van der Waals surface area contributed by atoms with E-state index in [2.05, 4.69) is 14.5 Å². The molecule has 0 spiro atoms. The first kappa shape index (κ1) is 20.7. The number of thiazole rings is 1. The van der Waals surface area contributed by atoms with Crippen LogP contribution in [-0.2, 0) is 11.3 Å². The molecule has 0 saturated carbocycles. The average Bonchev–Trinajstić information content (AvgIpc) is 3.13. The van der Waals surface area contributed by atoms with Gasteiger partial charge >= 0.3 is 0 Å². The summed E-state index contributed by atoms with van der Waals surface area (Å²) < 4.78 is 15.6. The summed E-state index contributed by atoms with van der Waals surface area (Å²) in [4.78, 5) is 27.8. The Morgan fingerprint density at radius 2 is 2.27 bits per heavy atom. The highest BCUT2D eigenvalue weighted by molar-refractivity contribution is 7.07. The molecule has 9 heteroatoms. The third kappa shape index (κ3) is 4.60. The molecule has 6 nitrogen and oxygen atoms in total. The van der Waals surface area contributed by atoms with Gasteiger partial charge in [0.05, 0.1) is 22.6 Å². The molecule has 1 atom stereocenters. The lowest BCUT2D eigenvalue weighted by Crippen LogP contribution is -2.40. The maximum atomic E-state index is 13.5. The Morgan fingerprint density at radius 3 is 3.00 bits per heavy atom. The van der Waals surface area contributed by atoms with Crippen LogP contribution in [0.25, 0.3) is 11.4 Å². The maximum Gasteiger partial charge on any atom is 0.219 e. The van der Waals surface area contributed by atoms with Crippen LogP contribution in [0.1, 0.15) is 19.8 Å². The number of carbonyl (C=O) groups excluding carboxylic acids is 1. The Labute approximate surface area is 182 Å². The largest absolute Gasteiger partial charge is 0.343 e. The second-order valence-electron chi connectivity index (χ2n) is 7.29. The molecule has 0 bridgehead atoms. The normalized spacial score (nSPS) is 17.4. The lowest BCUT2D eigenvalue weighted by Gasteiger charge is -2.32. The van der Waals surface area contributed by atoms with Gasteiger partial charge in [0.25, 0.3) is 0 Å². The van der Waals surface area contributed by atoms with Crippen LogP contribution in [0.5, 0.6) is 0 Å². The number of aromatic nitrogens is 3. The predicted octanol–water partition coefficient (Wildman–Crippen LogP) is 4.29. The van der Waals surface area contributed by atoms with E-state index in [0.717, 1.165) is 42.1 Å². The fourth-order valence-electron chi connectivity index (χ4n) is 3.66. The van der Waals surface area contributed by atoms with Crippen LogP contribution in [0.3, 0.4) is 0 Å². The lowest BCUT2D eigenvalue weighted by molar-refractivity contribution is -0.130. The van der Waals surface area contributed by atoms with Crippen molar-refractivity contribution >= 4 is 34.5 Å². The zero-order valence-electron chi connectivity index (χ0n) is 16.5. The smallest absolute Gasteiger partial charge is 0.219 e. The molecule has 0 radical (unpaired) electrons. The Kier molecular flexibility index (Phi) is 6.24. The highest BCUT2D eigenvalue weighted by Crippen LogP contribution is 2.25. The number of nitrogens with zero attached hydrogens (tertiary/aromatic N) is 5. The second-order valence-corrected chi connectivity index (χ2v) is 8.53. The summed E-state index contributed by atoms with van der Waals surface area (Å²) in [6, 6.07) is 4.43. The molecule has 1 amide bonds. The fraction of sp³-hybridized carbons (Fsp3) is 0.333. The topological polar surface area (TPSA) is 63.4 Å². The van der Waals surface area contributed by atoms with Crippen LogP contribution >= 0.6 is 22.9 Å². The molecule has 3 heterocycles. The third-order valence-electron chi connectivity index (χ3n) is 5.16. The molecular formula is C21H21ClFN5OS. The number of amides is 1. The van der Waals surface area contributed by atoms with E-state index in [1.807, 2.05) is 10.3 Å². The molecule has 1 aliphatic heterocycles. The van der Waals surface area contributed by atoms with Crippen LogP contribution < -0.4 is 4.80 Å². The van der Waals surface area contributed by atoms with E-state index in [1.54, 1.807) is 31.6 Å². The molecule has 4 rings (SSSR count). The third-order valence-corrected chi connectivity index (χ3v) is 6.31. The zero-order valence-corrected chi connectivity index (χ0v) is 18.0. The zero-order chi connectivity index (χ0) is 21.1. The fourth-order valence-corrected chi connectivity index (χ4v) is 4.75. The molecule has 0 aliphatic carbocycles. The Hall–Kier alpha value is -2.58. The van der Waals surface area contributed by atoms with Gasteiger partial charge in [-0.25, -0.2) is 9.38 Å². The highest BCUT2D eigenvalue weighted by Gasteiger charge is 2.23. The molecule has 1 fully saturated rings. The number of hydrogen-bond acceptors (Lipinski definition) is 5. The molecule has 1 unspecified atom stereocenters. The molecule has 156 valence electrons. The van der Waals surface area contributed by atoms with Crippen molar-refractivity contribution in [2.45, 2.75) is 26.3 Å². The van der Waals surface area contributed by atoms with Crippen LogP contribution in [-0.4, -0.2) is 38.4 Å². The summed E-state index contributed by atoms with van der Waals surface area (Å²) in [6.45, 7) is 3.85. The van der Waals surface area contributed by atoms with Crippen molar-refractivity contribution in [1.29, 1.82) is 0 Å². The average molecular weight is 446 g/mol. The van der Waals surface area contributed by atoms with E-state index in [1.165, 1.54) is 23.5 Å². The minimum absolute atomic E-state index is 0.0397. The molecule has 2 aromatic heterocycles. The summed E-state index contributed by atoms with van der Waals surface area (Å²) in [6.07, 6.45) is 7.04. The van der Waals surface area contributed by atoms with E-state index < -0.39 is 5.82 Å². The summed E-state index contributed by atoms with van der Waals surface area (Å²) in [5.41, 5.74) is 2.25. The van der Waals surface area contributed by atoms with E-state index in [-0.39, 0.29) is 10.9 Å².